The van der Waals surface area contributed by atoms with Crippen LogP contribution in [0.15, 0.2) is 24.3 Å². The Morgan fingerprint density at radius 3 is 2.64 bits per heavy atom. The lowest BCUT2D eigenvalue weighted by Crippen LogP contribution is -2.34. The van der Waals surface area contributed by atoms with Gasteiger partial charge in [-0.25, -0.2) is 0 Å². The van der Waals surface area contributed by atoms with Gasteiger partial charge in [0.1, 0.15) is 17.1 Å². The molecule has 1 aromatic rings. The van der Waals surface area contributed by atoms with Gasteiger partial charge in [-0.05, 0) is 26.8 Å². The molecule has 0 N–H and O–H groups in total. The highest BCUT2D eigenvalue weighted by atomic mass is 16.5. The summed E-state index contributed by atoms with van der Waals surface area (Å²) in [5, 5.41) is 0. The lowest BCUT2D eigenvalue weighted by molar-refractivity contribution is -0.121. The molecule has 0 aliphatic carbocycles. The standard InChI is InChI=1S/C12H14O2/c1-8(13)11-9-6-4-5-7-10(9)14-12(11,2)3/h4-7,11H,1-3H3. The zero-order valence-corrected chi connectivity index (χ0v) is 8.70. The molecule has 2 nitrogen and oxygen atoms in total. The molecule has 1 aliphatic heterocycles. The van der Waals surface area contributed by atoms with Gasteiger partial charge in [0.2, 0.25) is 0 Å². The minimum atomic E-state index is -0.407. The Morgan fingerprint density at radius 2 is 2.00 bits per heavy atom. The van der Waals surface area contributed by atoms with Gasteiger partial charge < -0.3 is 4.74 Å². The van der Waals surface area contributed by atoms with E-state index in [1.807, 2.05) is 38.1 Å². The Labute approximate surface area is 83.9 Å². The number of hydrogen-bond donors (Lipinski definition) is 0. The van der Waals surface area contributed by atoms with E-state index in [1.54, 1.807) is 6.92 Å². The fourth-order valence-corrected chi connectivity index (χ4v) is 2.24. The fourth-order valence-electron chi connectivity index (χ4n) is 2.24. The molecule has 0 bridgehead atoms. The van der Waals surface area contributed by atoms with E-state index in [4.69, 9.17) is 4.74 Å². The Balaban J connectivity index is 2.53. The van der Waals surface area contributed by atoms with Crippen LogP contribution in [0.5, 0.6) is 5.75 Å². The van der Waals surface area contributed by atoms with Crippen molar-refractivity contribution in [3.8, 4) is 5.75 Å². The Morgan fingerprint density at radius 1 is 1.36 bits per heavy atom. The van der Waals surface area contributed by atoms with E-state index < -0.39 is 5.60 Å². The SMILES string of the molecule is CC(=O)C1c2ccccc2OC1(C)C. The fraction of sp³-hybridized carbons (Fsp3) is 0.417. The van der Waals surface area contributed by atoms with Crippen molar-refractivity contribution in [2.24, 2.45) is 0 Å². The first-order valence-electron chi connectivity index (χ1n) is 4.81. The highest BCUT2D eigenvalue weighted by molar-refractivity contribution is 5.86. The van der Waals surface area contributed by atoms with Crippen molar-refractivity contribution in [3.05, 3.63) is 29.8 Å². The number of fused-ring (bicyclic) bond motifs is 1. The highest BCUT2D eigenvalue weighted by Gasteiger charge is 2.43. The number of carbonyl (C=O) groups excluding carboxylic acids is 1. The van der Waals surface area contributed by atoms with Gasteiger partial charge in [0, 0.05) is 5.56 Å². The minimum absolute atomic E-state index is 0.126. The average molecular weight is 190 g/mol. The number of ketones is 1. The lowest BCUT2D eigenvalue weighted by atomic mass is 9.84. The molecule has 0 radical (unpaired) electrons. The van der Waals surface area contributed by atoms with Crippen molar-refractivity contribution in [1.82, 2.24) is 0 Å². The average Bonchev–Trinajstić information content (AvgIpc) is 2.33. The Kier molecular flexibility index (Phi) is 1.88. The van der Waals surface area contributed by atoms with E-state index >= 15 is 0 Å². The number of hydrogen-bond acceptors (Lipinski definition) is 2. The predicted octanol–water partition coefficient (Wildman–Crippen LogP) is 2.53. The summed E-state index contributed by atoms with van der Waals surface area (Å²) in [5.74, 6) is 0.886. The summed E-state index contributed by atoms with van der Waals surface area (Å²) in [4.78, 5) is 11.5. The molecule has 0 spiro atoms. The molecule has 1 aromatic carbocycles. The molecular weight excluding hydrogens is 176 g/mol. The Bertz CT molecular complexity index is 380. The molecule has 2 rings (SSSR count). The number of Topliss-reactive ketones (excluding diaryl/α,β-unsaturated/α-hetero) is 1. The zero-order valence-electron chi connectivity index (χ0n) is 8.70. The maximum Gasteiger partial charge on any atom is 0.141 e. The van der Waals surface area contributed by atoms with Crippen molar-refractivity contribution in [1.29, 1.82) is 0 Å². The van der Waals surface area contributed by atoms with Crippen molar-refractivity contribution in [2.45, 2.75) is 32.3 Å². The molecule has 0 fully saturated rings. The monoisotopic (exact) mass is 190 g/mol. The summed E-state index contributed by atoms with van der Waals surface area (Å²) in [7, 11) is 0. The van der Waals surface area contributed by atoms with Crippen LogP contribution in [-0.4, -0.2) is 11.4 Å². The summed E-state index contributed by atoms with van der Waals surface area (Å²) in [5.41, 5.74) is 0.611. The van der Waals surface area contributed by atoms with E-state index in [0.29, 0.717) is 0 Å². The van der Waals surface area contributed by atoms with Crippen LogP contribution in [-0.2, 0) is 4.79 Å². The van der Waals surface area contributed by atoms with Crippen LogP contribution < -0.4 is 4.74 Å². The third-order valence-electron chi connectivity index (χ3n) is 2.70. The summed E-state index contributed by atoms with van der Waals surface area (Å²) in [6.45, 7) is 5.54. The minimum Gasteiger partial charge on any atom is -0.486 e. The first kappa shape index (κ1) is 9.25. The zero-order chi connectivity index (χ0) is 10.3. The van der Waals surface area contributed by atoms with E-state index in [0.717, 1.165) is 11.3 Å². The van der Waals surface area contributed by atoms with Gasteiger partial charge >= 0.3 is 0 Å². The lowest BCUT2D eigenvalue weighted by Gasteiger charge is -2.24. The van der Waals surface area contributed by atoms with Crippen LogP contribution in [0.3, 0.4) is 0 Å². The van der Waals surface area contributed by atoms with Gasteiger partial charge in [0.25, 0.3) is 0 Å². The summed E-state index contributed by atoms with van der Waals surface area (Å²) < 4.78 is 5.75. The summed E-state index contributed by atoms with van der Waals surface area (Å²) in [6.07, 6.45) is 0. The van der Waals surface area contributed by atoms with Crippen LogP contribution in [0.4, 0.5) is 0 Å². The topological polar surface area (TPSA) is 26.3 Å². The molecular formula is C12H14O2. The summed E-state index contributed by atoms with van der Waals surface area (Å²) in [6, 6.07) is 7.76. The van der Waals surface area contributed by atoms with Gasteiger partial charge in [-0.15, -0.1) is 0 Å². The van der Waals surface area contributed by atoms with E-state index in [1.165, 1.54) is 0 Å². The molecule has 1 atom stereocenters. The van der Waals surface area contributed by atoms with Gasteiger partial charge in [-0.1, -0.05) is 18.2 Å². The van der Waals surface area contributed by atoms with Crippen LogP contribution in [0.1, 0.15) is 32.3 Å². The number of benzene rings is 1. The third kappa shape index (κ3) is 1.22. The molecule has 0 aromatic heterocycles. The van der Waals surface area contributed by atoms with E-state index in [2.05, 4.69) is 0 Å². The van der Waals surface area contributed by atoms with Gasteiger partial charge in [0.05, 0.1) is 5.92 Å². The second-order valence-electron chi connectivity index (χ2n) is 4.29. The quantitative estimate of drug-likeness (QED) is 0.680. The molecule has 14 heavy (non-hydrogen) atoms. The van der Waals surface area contributed by atoms with Crippen LogP contribution in [0.2, 0.25) is 0 Å². The molecule has 74 valence electrons. The smallest absolute Gasteiger partial charge is 0.141 e. The Hall–Kier alpha value is -1.31. The van der Waals surface area contributed by atoms with Gasteiger partial charge in [0.15, 0.2) is 0 Å². The first-order valence-corrected chi connectivity index (χ1v) is 4.81. The van der Waals surface area contributed by atoms with Gasteiger partial charge in [-0.2, -0.15) is 0 Å². The van der Waals surface area contributed by atoms with Crippen molar-refractivity contribution in [2.75, 3.05) is 0 Å². The summed E-state index contributed by atoms with van der Waals surface area (Å²) >= 11 is 0. The van der Waals surface area contributed by atoms with Gasteiger partial charge in [-0.3, -0.25) is 4.79 Å². The first-order chi connectivity index (χ1) is 6.52. The molecule has 1 unspecified atom stereocenters. The van der Waals surface area contributed by atoms with Crippen LogP contribution in [0, 0.1) is 0 Å². The maximum atomic E-state index is 11.5. The van der Waals surface area contributed by atoms with Crippen LogP contribution >= 0.6 is 0 Å². The van der Waals surface area contributed by atoms with E-state index in [9.17, 15) is 4.79 Å². The second-order valence-corrected chi connectivity index (χ2v) is 4.29. The molecule has 0 amide bonds. The predicted molar refractivity (Wildman–Crippen MR) is 54.6 cm³/mol. The maximum absolute atomic E-state index is 11.5. The highest BCUT2D eigenvalue weighted by Crippen LogP contribution is 2.44. The normalized spacial score (nSPS) is 22.6. The number of para-hydroxylation sites is 1. The van der Waals surface area contributed by atoms with Crippen LogP contribution in [0.25, 0.3) is 0 Å². The molecule has 0 saturated heterocycles. The third-order valence-corrected chi connectivity index (χ3v) is 2.70. The van der Waals surface area contributed by atoms with E-state index in [-0.39, 0.29) is 11.7 Å². The second kappa shape index (κ2) is 2.84. The van der Waals surface area contributed by atoms with Crippen molar-refractivity contribution in [3.63, 3.8) is 0 Å². The van der Waals surface area contributed by atoms with Crippen molar-refractivity contribution >= 4 is 5.78 Å². The largest absolute Gasteiger partial charge is 0.486 e. The molecule has 0 saturated carbocycles. The molecule has 1 aliphatic rings. The molecule has 1 heterocycles. The number of rotatable bonds is 1. The van der Waals surface area contributed by atoms with Crippen molar-refractivity contribution < 1.29 is 9.53 Å². The molecule has 2 heteroatoms. The number of carbonyl (C=O) groups is 1. The number of ether oxygens (including phenoxy) is 1.